The van der Waals surface area contributed by atoms with Crippen LogP contribution in [0.1, 0.15) is 12.5 Å². The Morgan fingerprint density at radius 3 is 2.77 bits per heavy atom. The Kier molecular flexibility index (Phi) is 3.25. The Morgan fingerprint density at radius 1 is 1.54 bits per heavy atom. The van der Waals surface area contributed by atoms with Gasteiger partial charge in [0, 0.05) is 5.92 Å². The van der Waals surface area contributed by atoms with Crippen molar-refractivity contribution in [2.75, 3.05) is 13.7 Å². The molecule has 0 aliphatic carbocycles. The SMILES string of the molecule is COc1cc([C](C)CO)ccc1F. The molecule has 0 bridgehead atoms. The van der Waals surface area contributed by atoms with Crippen molar-refractivity contribution in [3.8, 4) is 5.75 Å². The van der Waals surface area contributed by atoms with Gasteiger partial charge in [0.25, 0.3) is 0 Å². The number of aliphatic hydroxyl groups excluding tert-OH is 1. The highest BCUT2D eigenvalue weighted by Gasteiger charge is 2.08. The van der Waals surface area contributed by atoms with Crippen LogP contribution in [0.2, 0.25) is 0 Å². The molecule has 0 unspecified atom stereocenters. The number of hydrogen-bond donors (Lipinski definition) is 1. The van der Waals surface area contributed by atoms with E-state index in [0.717, 1.165) is 11.5 Å². The zero-order chi connectivity index (χ0) is 9.84. The summed E-state index contributed by atoms with van der Waals surface area (Å²) in [6.07, 6.45) is 0. The summed E-state index contributed by atoms with van der Waals surface area (Å²) >= 11 is 0. The van der Waals surface area contributed by atoms with Crippen LogP contribution in [-0.4, -0.2) is 18.8 Å². The van der Waals surface area contributed by atoms with Gasteiger partial charge in [0.1, 0.15) is 0 Å². The molecule has 3 heteroatoms. The lowest BCUT2D eigenvalue weighted by atomic mass is 10.0. The Morgan fingerprint density at radius 2 is 2.23 bits per heavy atom. The Balaban J connectivity index is 2.99. The molecule has 0 amide bonds. The van der Waals surface area contributed by atoms with Crippen LogP contribution >= 0.6 is 0 Å². The third kappa shape index (κ3) is 2.18. The van der Waals surface area contributed by atoms with E-state index in [0.29, 0.717) is 0 Å². The highest BCUT2D eigenvalue weighted by atomic mass is 19.1. The summed E-state index contributed by atoms with van der Waals surface area (Å²) in [6, 6.07) is 4.51. The van der Waals surface area contributed by atoms with Crippen LogP contribution in [-0.2, 0) is 0 Å². The standard InChI is InChI=1S/C10H12FO2/c1-7(6-12)8-3-4-9(11)10(5-8)13-2/h3-5,12H,6H2,1-2H3. The predicted molar refractivity (Wildman–Crippen MR) is 48.1 cm³/mol. The van der Waals surface area contributed by atoms with Crippen LogP contribution in [0, 0.1) is 11.7 Å². The van der Waals surface area contributed by atoms with Crippen molar-refractivity contribution < 1.29 is 14.2 Å². The number of halogens is 1. The Bertz CT molecular complexity index is 286. The molecule has 2 nitrogen and oxygen atoms in total. The van der Waals surface area contributed by atoms with Gasteiger partial charge in [0.05, 0.1) is 13.7 Å². The molecular weight excluding hydrogens is 171 g/mol. The van der Waals surface area contributed by atoms with Crippen molar-refractivity contribution in [2.45, 2.75) is 6.92 Å². The molecular formula is C10H12FO2. The summed E-state index contributed by atoms with van der Waals surface area (Å²) in [5.74, 6) is 0.598. The molecule has 0 aliphatic heterocycles. The maximum Gasteiger partial charge on any atom is 0.165 e. The second-order valence-electron chi connectivity index (χ2n) is 2.79. The van der Waals surface area contributed by atoms with Gasteiger partial charge >= 0.3 is 0 Å². The molecule has 0 atom stereocenters. The summed E-state index contributed by atoms with van der Waals surface area (Å²) in [7, 11) is 1.41. The van der Waals surface area contributed by atoms with Crippen molar-refractivity contribution in [3.63, 3.8) is 0 Å². The van der Waals surface area contributed by atoms with Gasteiger partial charge in [-0.25, -0.2) is 4.39 Å². The summed E-state index contributed by atoms with van der Waals surface area (Å²) in [4.78, 5) is 0. The molecule has 1 N–H and O–H groups in total. The molecule has 0 aromatic heterocycles. The fourth-order valence-corrected chi connectivity index (χ4v) is 1.02. The van der Waals surface area contributed by atoms with Gasteiger partial charge in [0.2, 0.25) is 0 Å². The number of ether oxygens (including phenoxy) is 1. The third-order valence-corrected chi connectivity index (χ3v) is 1.88. The van der Waals surface area contributed by atoms with Crippen LogP contribution in [0.15, 0.2) is 18.2 Å². The lowest BCUT2D eigenvalue weighted by molar-refractivity contribution is 0.314. The number of methoxy groups -OCH3 is 1. The fraction of sp³-hybridized carbons (Fsp3) is 0.300. The molecule has 0 saturated heterocycles. The van der Waals surface area contributed by atoms with Crippen molar-refractivity contribution in [1.29, 1.82) is 0 Å². The highest BCUT2D eigenvalue weighted by Crippen LogP contribution is 2.22. The van der Waals surface area contributed by atoms with Gasteiger partial charge in [-0.2, -0.15) is 0 Å². The zero-order valence-corrected chi connectivity index (χ0v) is 7.67. The van der Waals surface area contributed by atoms with Crippen LogP contribution in [0.5, 0.6) is 5.75 Å². The van der Waals surface area contributed by atoms with Gasteiger partial charge < -0.3 is 9.84 Å². The minimum atomic E-state index is -0.392. The first-order valence-corrected chi connectivity index (χ1v) is 3.96. The van der Waals surface area contributed by atoms with Gasteiger partial charge in [-0.1, -0.05) is 13.0 Å². The van der Waals surface area contributed by atoms with E-state index in [1.54, 1.807) is 19.1 Å². The van der Waals surface area contributed by atoms with Crippen molar-refractivity contribution in [3.05, 3.63) is 35.5 Å². The van der Waals surface area contributed by atoms with Crippen LogP contribution < -0.4 is 4.74 Å². The van der Waals surface area contributed by atoms with E-state index in [9.17, 15) is 4.39 Å². The maximum absolute atomic E-state index is 12.9. The summed E-state index contributed by atoms with van der Waals surface area (Å²) in [5, 5.41) is 8.85. The first-order chi connectivity index (χ1) is 6.19. The van der Waals surface area contributed by atoms with E-state index >= 15 is 0 Å². The monoisotopic (exact) mass is 183 g/mol. The first kappa shape index (κ1) is 9.99. The minimum absolute atomic E-state index is 0.0329. The average Bonchev–Trinajstić information content (AvgIpc) is 2.17. The molecule has 1 radical (unpaired) electrons. The van der Waals surface area contributed by atoms with Gasteiger partial charge in [-0.05, 0) is 17.7 Å². The van der Waals surface area contributed by atoms with E-state index in [1.807, 2.05) is 0 Å². The largest absolute Gasteiger partial charge is 0.494 e. The fourth-order valence-electron chi connectivity index (χ4n) is 1.02. The Labute approximate surface area is 77.0 Å². The van der Waals surface area contributed by atoms with Crippen molar-refractivity contribution >= 4 is 0 Å². The second-order valence-corrected chi connectivity index (χ2v) is 2.79. The molecule has 71 valence electrons. The third-order valence-electron chi connectivity index (χ3n) is 1.88. The number of aliphatic hydroxyl groups is 1. The average molecular weight is 183 g/mol. The lowest BCUT2D eigenvalue weighted by Crippen LogP contribution is -2.01. The van der Waals surface area contributed by atoms with Crippen molar-refractivity contribution in [1.82, 2.24) is 0 Å². The summed E-state index contributed by atoms with van der Waals surface area (Å²) < 4.78 is 17.8. The highest BCUT2D eigenvalue weighted by molar-refractivity contribution is 5.37. The summed E-state index contributed by atoms with van der Waals surface area (Å²) in [6.45, 7) is 1.75. The summed E-state index contributed by atoms with van der Waals surface area (Å²) in [5.41, 5.74) is 0.792. The number of benzene rings is 1. The molecule has 0 spiro atoms. The van der Waals surface area contributed by atoms with Gasteiger partial charge in [-0.3, -0.25) is 0 Å². The predicted octanol–water partition coefficient (Wildman–Crippen LogP) is 1.77. The quantitative estimate of drug-likeness (QED) is 0.773. The van der Waals surface area contributed by atoms with Crippen molar-refractivity contribution in [2.24, 2.45) is 0 Å². The topological polar surface area (TPSA) is 29.5 Å². The van der Waals surface area contributed by atoms with Gasteiger partial charge in [0.15, 0.2) is 11.6 Å². The van der Waals surface area contributed by atoms with E-state index in [-0.39, 0.29) is 12.4 Å². The molecule has 0 saturated carbocycles. The lowest BCUT2D eigenvalue weighted by Gasteiger charge is -2.09. The Hall–Kier alpha value is -1.09. The second kappa shape index (κ2) is 4.23. The van der Waals surface area contributed by atoms with Crippen LogP contribution in [0.4, 0.5) is 4.39 Å². The zero-order valence-electron chi connectivity index (χ0n) is 7.67. The molecule has 0 heterocycles. The molecule has 1 rings (SSSR count). The molecule has 0 aliphatic rings. The normalized spacial score (nSPS) is 10.5. The van der Waals surface area contributed by atoms with E-state index in [1.165, 1.54) is 13.2 Å². The maximum atomic E-state index is 12.9. The van der Waals surface area contributed by atoms with Crippen LogP contribution in [0.25, 0.3) is 0 Å². The van der Waals surface area contributed by atoms with Gasteiger partial charge in [-0.15, -0.1) is 0 Å². The van der Waals surface area contributed by atoms with E-state index in [4.69, 9.17) is 9.84 Å². The minimum Gasteiger partial charge on any atom is -0.494 e. The molecule has 0 fully saturated rings. The number of hydrogen-bond acceptors (Lipinski definition) is 2. The molecule has 1 aromatic carbocycles. The number of rotatable bonds is 3. The van der Waals surface area contributed by atoms with Crippen LogP contribution in [0.3, 0.4) is 0 Å². The first-order valence-electron chi connectivity index (χ1n) is 3.96. The molecule has 1 aromatic rings. The van der Waals surface area contributed by atoms with E-state index < -0.39 is 5.82 Å². The molecule has 13 heavy (non-hydrogen) atoms. The van der Waals surface area contributed by atoms with E-state index in [2.05, 4.69) is 0 Å². The smallest absolute Gasteiger partial charge is 0.165 e.